The normalized spacial score (nSPS) is 11.0. The molecule has 0 fully saturated rings. The summed E-state index contributed by atoms with van der Waals surface area (Å²) in [5.41, 5.74) is -0.939. The Morgan fingerprint density at radius 3 is 2.53 bits per heavy atom. The Balaban J connectivity index is 2.62. The van der Waals surface area contributed by atoms with Crippen molar-refractivity contribution >= 4 is 23.5 Å². The summed E-state index contributed by atoms with van der Waals surface area (Å²) in [4.78, 5) is 29.9. The highest BCUT2D eigenvalue weighted by Gasteiger charge is 2.27. The molecule has 0 atom stereocenters. The number of nitrogens with zero attached hydrogens (tertiary/aromatic N) is 2. The van der Waals surface area contributed by atoms with Gasteiger partial charge in [-0.25, -0.2) is 9.97 Å². The van der Waals surface area contributed by atoms with Crippen LogP contribution in [0.1, 0.15) is 24.3 Å². The van der Waals surface area contributed by atoms with E-state index in [-0.39, 0.29) is 17.4 Å². The van der Waals surface area contributed by atoms with E-state index in [4.69, 9.17) is 16.7 Å². The summed E-state index contributed by atoms with van der Waals surface area (Å²) in [7, 11) is 0. The first-order valence-electron chi connectivity index (χ1n) is 4.82. The van der Waals surface area contributed by atoms with Crippen molar-refractivity contribution in [3.05, 3.63) is 23.2 Å². The molecule has 2 N–H and O–H groups in total. The molecule has 0 aliphatic heterocycles. The predicted molar refractivity (Wildman–Crippen MR) is 60.8 cm³/mol. The Bertz CT molecular complexity index is 431. The fourth-order valence-electron chi connectivity index (χ4n) is 0.897. The Kier molecular flexibility index (Phi) is 4.01. The van der Waals surface area contributed by atoms with Crippen molar-refractivity contribution in [2.45, 2.75) is 13.8 Å². The van der Waals surface area contributed by atoms with Crippen molar-refractivity contribution in [3.8, 4) is 0 Å². The second kappa shape index (κ2) is 5.09. The number of nitrogens with one attached hydrogen (secondary N) is 1. The number of aromatic nitrogens is 2. The molecule has 0 aliphatic rings. The molecule has 1 amide bonds. The highest BCUT2D eigenvalue weighted by Crippen LogP contribution is 2.13. The summed E-state index contributed by atoms with van der Waals surface area (Å²) in [6, 6.07) is 0. The Labute approximate surface area is 103 Å². The molecule has 0 aromatic carbocycles. The maximum Gasteiger partial charge on any atom is 0.310 e. The minimum atomic E-state index is -1.03. The lowest BCUT2D eigenvalue weighted by molar-refractivity contribution is -0.146. The van der Waals surface area contributed by atoms with Crippen molar-refractivity contribution in [1.29, 1.82) is 0 Å². The lowest BCUT2D eigenvalue weighted by atomic mass is 9.94. The van der Waals surface area contributed by atoms with E-state index in [0.717, 1.165) is 0 Å². The minimum Gasteiger partial charge on any atom is -0.481 e. The van der Waals surface area contributed by atoms with Gasteiger partial charge in [0.25, 0.3) is 5.91 Å². The van der Waals surface area contributed by atoms with Gasteiger partial charge in [0.05, 0.1) is 17.8 Å². The van der Waals surface area contributed by atoms with Crippen molar-refractivity contribution in [2.24, 2.45) is 5.41 Å². The number of amides is 1. The molecule has 7 heteroatoms. The number of halogens is 1. The third-order valence-electron chi connectivity index (χ3n) is 2.12. The van der Waals surface area contributed by atoms with Gasteiger partial charge in [-0.15, -0.1) is 0 Å². The molecule has 0 bridgehead atoms. The number of hydrogen-bond acceptors (Lipinski definition) is 4. The lowest BCUT2D eigenvalue weighted by Gasteiger charge is -2.19. The molecule has 17 heavy (non-hydrogen) atoms. The molecule has 6 nitrogen and oxygen atoms in total. The molecule has 1 heterocycles. The predicted octanol–water partition coefficient (Wildman–Crippen LogP) is 0.971. The fourth-order valence-corrected chi connectivity index (χ4v) is 0.995. The minimum absolute atomic E-state index is 0.00543. The average molecular weight is 258 g/mol. The first-order valence-corrected chi connectivity index (χ1v) is 5.20. The average Bonchev–Trinajstić information content (AvgIpc) is 2.27. The van der Waals surface area contributed by atoms with Crippen LogP contribution >= 0.6 is 11.6 Å². The van der Waals surface area contributed by atoms with Crippen LogP contribution in [0.4, 0.5) is 0 Å². The lowest BCUT2D eigenvalue weighted by Crippen LogP contribution is -2.39. The Hall–Kier alpha value is -1.69. The van der Waals surface area contributed by atoms with E-state index in [1.165, 1.54) is 26.2 Å². The molecule has 1 rings (SSSR count). The zero-order valence-corrected chi connectivity index (χ0v) is 10.2. The number of aliphatic carboxylic acids is 1. The molecule has 1 aromatic heterocycles. The van der Waals surface area contributed by atoms with Gasteiger partial charge < -0.3 is 10.4 Å². The van der Waals surface area contributed by atoms with Crippen molar-refractivity contribution in [2.75, 3.05) is 6.54 Å². The zero-order valence-electron chi connectivity index (χ0n) is 9.40. The first-order chi connectivity index (χ1) is 7.83. The van der Waals surface area contributed by atoms with E-state index in [9.17, 15) is 9.59 Å². The second-order valence-corrected chi connectivity index (χ2v) is 4.48. The third kappa shape index (κ3) is 3.67. The van der Waals surface area contributed by atoms with Crippen LogP contribution in [0, 0.1) is 5.41 Å². The zero-order chi connectivity index (χ0) is 13.1. The molecule has 0 saturated heterocycles. The molecule has 0 unspecified atom stereocenters. The third-order valence-corrected chi connectivity index (χ3v) is 2.32. The van der Waals surface area contributed by atoms with Crippen LogP contribution in [0.3, 0.4) is 0 Å². The van der Waals surface area contributed by atoms with Gasteiger partial charge in [-0.1, -0.05) is 11.6 Å². The van der Waals surface area contributed by atoms with Crippen molar-refractivity contribution in [3.63, 3.8) is 0 Å². The summed E-state index contributed by atoms with van der Waals surface area (Å²) in [5, 5.41) is 11.5. The highest BCUT2D eigenvalue weighted by atomic mass is 35.5. The molecule has 0 saturated carbocycles. The summed E-state index contributed by atoms with van der Waals surface area (Å²) in [6.07, 6.45) is 2.48. The Morgan fingerprint density at radius 1 is 1.41 bits per heavy atom. The van der Waals surface area contributed by atoms with E-state index in [2.05, 4.69) is 15.3 Å². The van der Waals surface area contributed by atoms with Crippen LogP contribution in [-0.4, -0.2) is 33.5 Å². The van der Waals surface area contributed by atoms with E-state index in [1.54, 1.807) is 0 Å². The highest BCUT2D eigenvalue weighted by molar-refractivity contribution is 6.29. The summed E-state index contributed by atoms with van der Waals surface area (Å²) in [6.45, 7) is 3.04. The summed E-state index contributed by atoms with van der Waals surface area (Å²) >= 11 is 5.52. The quantitative estimate of drug-likeness (QED) is 0.839. The second-order valence-electron chi connectivity index (χ2n) is 4.10. The molecule has 0 radical (unpaired) electrons. The number of hydrogen-bond donors (Lipinski definition) is 2. The van der Waals surface area contributed by atoms with Gasteiger partial charge in [0.15, 0.2) is 0 Å². The van der Waals surface area contributed by atoms with Gasteiger partial charge in [0.1, 0.15) is 10.8 Å². The van der Waals surface area contributed by atoms with Crippen LogP contribution in [0.25, 0.3) is 0 Å². The van der Waals surface area contributed by atoms with Crippen LogP contribution in [-0.2, 0) is 4.79 Å². The van der Waals surface area contributed by atoms with Gasteiger partial charge >= 0.3 is 5.97 Å². The van der Waals surface area contributed by atoms with E-state index < -0.39 is 17.3 Å². The van der Waals surface area contributed by atoms with Crippen LogP contribution in [0.2, 0.25) is 5.15 Å². The fraction of sp³-hybridized carbons (Fsp3) is 0.400. The van der Waals surface area contributed by atoms with Crippen molar-refractivity contribution in [1.82, 2.24) is 15.3 Å². The maximum atomic E-state index is 11.6. The smallest absolute Gasteiger partial charge is 0.310 e. The molecule has 92 valence electrons. The largest absolute Gasteiger partial charge is 0.481 e. The summed E-state index contributed by atoms with van der Waals surface area (Å²) < 4.78 is 0. The summed E-state index contributed by atoms with van der Waals surface area (Å²) in [5.74, 6) is -1.47. The SMILES string of the molecule is CC(C)(CNC(=O)c1cnc(Cl)cn1)C(=O)O. The molecule has 0 spiro atoms. The van der Waals surface area contributed by atoms with E-state index >= 15 is 0 Å². The number of carboxylic acids is 1. The molecule has 1 aromatic rings. The van der Waals surface area contributed by atoms with E-state index in [1.807, 2.05) is 0 Å². The molecular formula is C10H12ClN3O3. The maximum absolute atomic E-state index is 11.6. The number of carboxylic acid groups (broad SMARTS) is 1. The van der Waals surface area contributed by atoms with E-state index in [0.29, 0.717) is 0 Å². The van der Waals surface area contributed by atoms with Gasteiger partial charge in [0.2, 0.25) is 0 Å². The molecular weight excluding hydrogens is 246 g/mol. The standard InChI is InChI=1S/C10H12ClN3O3/c1-10(2,9(16)17)5-14-8(15)6-3-13-7(11)4-12-6/h3-4H,5H2,1-2H3,(H,14,15)(H,16,17). The first kappa shape index (κ1) is 13.4. The number of rotatable bonds is 4. The number of carbonyl (C=O) groups excluding carboxylic acids is 1. The van der Waals surface area contributed by atoms with Gasteiger partial charge in [-0.05, 0) is 13.8 Å². The van der Waals surface area contributed by atoms with Crippen molar-refractivity contribution < 1.29 is 14.7 Å². The Morgan fingerprint density at radius 2 is 2.06 bits per heavy atom. The number of carbonyl (C=O) groups is 2. The van der Waals surface area contributed by atoms with Crippen LogP contribution in [0.5, 0.6) is 0 Å². The van der Waals surface area contributed by atoms with Gasteiger partial charge in [-0.3, -0.25) is 9.59 Å². The van der Waals surface area contributed by atoms with Crippen LogP contribution in [0.15, 0.2) is 12.4 Å². The van der Waals surface area contributed by atoms with Gasteiger partial charge in [0, 0.05) is 6.54 Å². The van der Waals surface area contributed by atoms with Crippen LogP contribution < -0.4 is 5.32 Å². The monoisotopic (exact) mass is 257 g/mol. The molecule has 0 aliphatic carbocycles. The van der Waals surface area contributed by atoms with Gasteiger partial charge in [-0.2, -0.15) is 0 Å². The topological polar surface area (TPSA) is 92.2 Å².